The quantitative estimate of drug-likeness (QED) is 0.189. The zero-order valence-electron chi connectivity index (χ0n) is 28.4. The van der Waals surface area contributed by atoms with E-state index in [1.54, 1.807) is 42.4 Å². The van der Waals surface area contributed by atoms with Gasteiger partial charge < -0.3 is 44.2 Å². The van der Waals surface area contributed by atoms with Gasteiger partial charge in [-0.05, 0) is 120 Å². The molecule has 0 unspecified atom stereocenters. The van der Waals surface area contributed by atoms with E-state index in [-0.39, 0.29) is 43.3 Å². The second-order valence-electron chi connectivity index (χ2n) is 14.6. The number of furan rings is 1. The maximum absolute atomic E-state index is 14.9. The second kappa shape index (κ2) is 14.4. The molecule has 1 heterocycles. The van der Waals surface area contributed by atoms with E-state index < -0.39 is 24.2 Å². The third-order valence-electron chi connectivity index (χ3n) is 11.2. The molecule has 11 nitrogen and oxygen atoms in total. The van der Waals surface area contributed by atoms with Gasteiger partial charge in [-0.3, -0.25) is 9.59 Å². The molecule has 0 radical (unpaired) electrons. The van der Waals surface area contributed by atoms with E-state index in [1.165, 1.54) is 26.4 Å². The number of aliphatic hydroxyl groups excluding tert-OH is 3. The molecule has 4 bridgehead atoms. The maximum Gasteiger partial charge on any atom is 0.289 e. The van der Waals surface area contributed by atoms with E-state index in [9.17, 15) is 24.9 Å². The molecule has 0 aliphatic heterocycles. The summed E-state index contributed by atoms with van der Waals surface area (Å²) in [5, 5.41) is 35.0. The highest BCUT2D eigenvalue weighted by atomic mass is 127. The van der Waals surface area contributed by atoms with Crippen molar-refractivity contribution >= 4 is 45.4 Å². The first-order valence-electron chi connectivity index (χ1n) is 17.4. The number of carbonyl (C=O) groups is 2. The van der Waals surface area contributed by atoms with Gasteiger partial charge in [0.1, 0.15) is 12.2 Å². The van der Waals surface area contributed by atoms with E-state index in [0.717, 1.165) is 24.6 Å². The molecule has 8 rings (SSSR count). The van der Waals surface area contributed by atoms with Crippen LogP contribution in [0.5, 0.6) is 17.2 Å². The molecule has 0 saturated heterocycles. The van der Waals surface area contributed by atoms with E-state index >= 15 is 0 Å². The van der Waals surface area contributed by atoms with Crippen LogP contribution in [0.25, 0.3) is 11.0 Å². The maximum atomic E-state index is 14.9. The van der Waals surface area contributed by atoms with Crippen LogP contribution in [0.1, 0.15) is 61.1 Å². The minimum absolute atomic E-state index is 0.0556. The summed E-state index contributed by atoms with van der Waals surface area (Å²) in [4.78, 5) is 30.1. The van der Waals surface area contributed by atoms with Crippen LogP contribution in [0.3, 0.4) is 0 Å². The van der Waals surface area contributed by atoms with E-state index in [1.807, 2.05) is 12.1 Å². The van der Waals surface area contributed by atoms with Crippen LogP contribution in [0, 0.1) is 26.7 Å². The van der Waals surface area contributed by atoms with Gasteiger partial charge in [-0.1, -0.05) is 12.1 Å². The van der Waals surface area contributed by atoms with Crippen molar-refractivity contribution in [3.8, 4) is 17.2 Å². The van der Waals surface area contributed by atoms with Crippen molar-refractivity contribution in [2.75, 3.05) is 33.9 Å². The van der Waals surface area contributed by atoms with Crippen molar-refractivity contribution in [2.24, 2.45) is 23.2 Å². The second-order valence-corrected chi connectivity index (χ2v) is 15.8. The van der Waals surface area contributed by atoms with Crippen molar-refractivity contribution in [3.05, 3.63) is 62.9 Å². The Hall–Kier alpha value is -3.33. The third kappa shape index (κ3) is 6.71. The molecule has 12 heteroatoms. The Kier molecular flexibility index (Phi) is 10.1. The molecule has 4 saturated carbocycles. The normalized spacial score (nSPS) is 28.3. The number of aliphatic hydroxyl groups is 3. The highest BCUT2D eigenvalue weighted by Crippen LogP contribution is 2.60. The summed E-state index contributed by atoms with van der Waals surface area (Å²) in [6.07, 6.45) is 6.25. The van der Waals surface area contributed by atoms with Crippen LogP contribution in [-0.2, 0) is 11.4 Å². The molecule has 50 heavy (non-hydrogen) atoms. The van der Waals surface area contributed by atoms with Crippen LogP contribution < -0.4 is 19.5 Å². The average Bonchev–Trinajstić information content (AvgIpc) is 3.55. The SMILES string of the molecule is COc1cc(CO)cc(I)c1O[C@H]1C=C(C(=O)NCCO)C[C@@H](N(CC23CC4CC(CC(C4)C2)C3)C(=O)c2cc3cccc(OC)c3o2)[C@@H]1O. The summed E-state index contributed by atoms with van der Waals surface area (Å²) in [6.45, 7) is 0.0597. The van der Waals surface area contributed by atoms with E-state index in [4.69, 9.17) is 18.6 Å². The van der Waals surface area contributed by atoms with Crippen LogP contribution in [0.2, 0.25) is 0 Å². The average molecular weight is 801 g/mol. The lowest BCUT2D eigenvalue weighted by Gasteiger charge is -2.58. The van der Waals surface area contributed by atoms with Gasteiger partial charge in [-0.2, -0.15) is 0 Å². The Bertz CT molecular complexity index is 1750. The Morgan fingerprint density at radius 3 is 2.36 bits per heavy atom. The lowest BCUT2D eigenvalue weighted by Crippen LogP contribution is -2.59. The topological polar surface area (TPSA) is 151 Å². The molecule has 4 N–H and O–H groups in total. The van der Waals surface area contributed by atoms with Crippen LogP contribution in [0.15, 0.2) is 52.5 Å². The number of carbonyl (C=O) groups excluding carboxylic acids is 2. The highest BCUT2D eigenvalue weighted by Gasteiger charge is 2.53. The van der Waals surface area contributed by atoms with Crippen LogP contribution in [0.4, 0.5) is 0 Å². The Balaban J connectivity index is 1.29. The number of ether oxygens (including phenoxy) is 3. The highest BCUT2D eigenvalue weighted by molar-refractivity contribution is 14.1. The van der Waals surface area contributed by atoms with Crippen molar-refractivity contribution in [3.63, 3.8) is 0 Å². The Morgan fingerprint density at radius 1 is 1.02 bits per heavy atom. The number of para-hydroxylation sites is 1. The summed E-state index contributed by atoms with van der Waals surface area (Å²) < 4.78 is 24.5. The molecule has 2 aromatic carbocycles. The van der Waals surface area contributed by atoms with E-state index in [2.05, 4.69) is 27.9 Å². The van der Waals surface area contributed by atoms with Crippen molar-refractivity contribution in [1.29, 1.82) is 0 Å². The number of hydrogen-bond donors (Lipinski definition) is 4. The zero-order valence-corrected chi connectivity index (χ0v) is 30.6. The standard InChI is InChI=1S/C38H45IN2O9/c1-47-29-5-3-4-25-14-32(50-34(25)29)37(46)41(20-38-16-21-8-22(17-38)10-23(9-21)18-38)28-13-26(36(45)40-6-7-42)15-30(33(28)44)49-35-27(39)11-24(19-43)12-31(35)48-2/h3-5,11-12,14-15,21-23,28,30,33,42-44H,6-10,13,16-20H2,1-2H3,(H,40,45)/t21?,22?,23?,28-,30+,33+,38?/m1/s1. The van der Waals surface area contributed by atoms with Gasteiger partial charge in [-0.25, -0.2) is 0 Å². The molecular weight excluding hydrogens is 755 g/mol. The summed E-state index contributed by atoms with van der Waals surface area (Å²) >= 11 is 2.09. The first-order valence-corrected chi connectivity index (χ1v) is 18.5. The molecule has 5 aliphatic rings. The number of nitrogens with one attached hydrogen (secondary N) is 1. The Labute approximate surface area is 305 Å². The van der Waals surface area contributed by atoms with Crippen molar-refractivity contribution in [1.82, 2.24) is 10.2 Å². The van der Waals surface area contributed by atoms with Gasteiger partial charge in [0.15, 0.2) is 28.6 Å². The Morgan fingerprint density at radius 2 is 1.72 bits per heavy atom. The number of benzene rings is 2. The number of rotatable bonds is 12. The predicted octanol–water partition coefficient (Wildman–Crippen LogP) is 4.82. The smallest absolute Gasteiger partial charge is 0.289 e. The largest absolute Gasteiger partial charge is 0.493 e. The minimum atomic E-state index is -1.22. The van der Waals surface area contributed by atoms with Crippen LogP contribution >= 0.6 is 22.6 Å². The van der Waals surface area contributed by atoms with Gasteiger partial charge >= 0.3 is 0 Å². The summed E-state index contributed by atoms with van der Waals surface area (Å²) in [6, 6.07) is 9.81. The van der Waals surface area contributed by atoms with Crippen LogP contribution in [-0.4, -0.2) is 84.2 Å². The van der Waals surface area contributed by atoms with Gasteiger partial charge in [-0.15, -0.1) is 0 Å². The first-order chi connectivity index (χ1) is 24.1. The van der Waals surface area contributed by atoms with Crippen molar-refractivity contribution in [2.45, 2.75) is 69.8 Å². The monoisotopic (exact) mass is 800 g/mol. The summed E-state index contributed by atoms with van der Waals surface area (Å²) in [5.41, 5.74) is 1.35. The van der Waals surface area contributed by atoms with E-state index in [0.29, 0.717) is 61.8 Å². The fourth-order valence-electron chi connectivity index (χ4n) is 9.52. The molecule has 268 valence electrons. The predicted molar refractivity (Wildman–Crippen MR) is 193 cm³/mol. The number of halogens is 1. The number of hydrogen-bond acceptors (Lipinski definition) is 9. The van der Waals surface area contributed by atoms with Gasteiger partial charge in [0, 0.05) is 30.5 Å². The van der Waals surface area contributed by atoms with Gasteiger partial charge in [0.25, 0.3) is 5.91 Å². The lowest BCUT2D eigenvalue weighted by atomic mass is 9.49. The van der Waals surface area contributed by atoms with Crippen molar-refractivity contribution < 1.29 is 43.5 Å². The molecule has 0 spiro atoms. The lowest BCUT2D eigenvalue weighted by molar-refractivity contribution is -0.118. The minimum Gasteiger partial charge on any atom is -0.493 e. The number of methoxy groups -OCH3 is 2. The molecule has 5 aliphatic carbocycles. The summed E-state index contributed by atoms with van der Waals surface area (Å²) in [7, 11) is 3.05. The molecule has 1 aromatic heterocycles. The fourth-order valence-corrected chi connectivity index (χ4v) is 10.3. The molecular formula is C38H45IN2O9. The number of nitrogens with zero attached hydrogens (tertiary/aromatic N) is 1. The zero-order chi connectivity index (χ0) is 35.2. The van der Waals surface area contributed by atoms with Gasteiger partial charge in [0.05, 0.1) is 37.0 Å². The third-order valence-corrected chi connectivity index (χ3v) is 12.0. The molecule has 3 aromatic rings. The first kappa shape index (κ1) is 35.1. The molecule has 3 atom stereocenters. The van der Waals surface area contributed by atoms with Gasteiger partial charge in [0.2, 0.25) is 5.91 Å². The molecule has 4 fully saturated rings. The summed E-state index contributed by atoms with van der Waals surface area (Å²) in [5.74, 6) is 2.51. The number of fused-ring (bicyclic) bond motifs is 1. The number of amides is 2. The molecule has 2 amide bonds. The fraction of sp³-hybridized carbons (Fsp3) is 0.526.